The Morgan fingerprint density at radius 3 is 2.59 bits per heavy atom. The lowest BCUT2D eigenvalue weighted by atomic mass is 10.1. The quantitative estimate of drug-likeness (QED) is 0.728. The second kappa shape index (κ2) is 8.44. The molecular weight excluding hydrogens is 348 g/mol. The molecule has 0 saturated carbocycles. The lowest BCUT2D eigenvalue weighted by Gasteiger charge is -2.10. The van der Waals surface area contributed by atoms with Gasteiger partial charge >= 0.3 is 0 Å². The lowest BCUT2D eigenvalue weighted by Crippen LogP contribution is -2.36. The molecule has 1 aliphatic rings. The summed E-state index contributed by atoms with van der Waals surface area (Å²) < 4.78 is 16.0. The van der Waals surface area contributed by atoms with Crippen LogP contribution >= 0.6 is 0 Å². The lowest BCUT2D eigenvalue weighted by molar-refractivity contribution is -0.123. The van der Waals surface area contributed by atoms with Crippen molar-refractivity contribution in [3.8, 4) is 17.2 Å². The molecule has 2 amide bonds. The van der Waals surface area contributed by atoms with Gasteiger partial charge in [0.05, 0.1) is 0 Å². The third-order valence-electron chi connectivity index (χ3n) is 4.06. The SMILES string of the molecule is Cc1ccc(OCC(=O)NCCNC(=O)c2ccc3c(c2)OCO3)c(C)c1. The van der Waals surface area contributed by atoms with Crippen molar-refractivity contribution in [2.24, 2.45) is 0 Å². The predicted molar refractivity (Wildman–Crippen MR) is 99.3 cm³/mol. The van der Waals surface area contributed by atoms with Crippen molar-refractivity contribution in [1.82, 2.24) is 10.6 Å². The molecule has 27 heavy (non-hydrogen) atoms. The van der Waals surface area contributed by atoms with E-state index in [1.807, 2.05) is 32.0 Å². The van der Waals surface area contributed by atoms with E-state index in [1.165, 1.54) is 0 Å². The van der Waals surface area contributed by atoms with E-state index in [4.69, 9.17) is 14.2 Å². The molecule has 2 aromatic carbocycles. The highest BCUT2D eigenvalue weighted by atomic mass is 16.7. The molecule has 0 fully saturated rings. The first-order valence-corrected chi connectivity index (χ1v) is 8.67. The van der Waals surface area contributed by atoms with Crippen molar-refractivity contribution in [1.29, 1.82) is 0 Å². The van der Waals surface area contributed by atoms with Crippen LogP contribution in [0.4, 0.5) is 0 Å². The second-order valence-electron chi connectivity index (χ2n) is 6.23. The van der Waals surface area contributed by atoms with Crippen molar-refractivity contribution < 1.29 is 23.8 Å². The summed E-state index contributed by atoms with van der Waals surface area (Å²) in [5, 5.41) is 5.45. The van der Waals surface area contributed by atoms with Gasteiger partial charge in [0.15, 0.2) is 18.1 Å². The van der Waals surface area contributed by atoms with Gasteiger partial charge in [0.1, 0.15) is 5.75 Å². The first kappa shape index (κ1) is 18.6. The molecule has 1 heterocycles. The van der Waals surface area contributed by atoms with Crippen molar-refractivity contribution in [3.63, 3.8) is 0 Å². The average Bonchev–Trinajstić information content (AvgIpc) is 3.12. The fourth-order valence-electron chi connectivity index (χ4n) is 2.67. The molecule has 3 rings (SSSR count). The molecule has 1 aliphatic heterocycles. The van der Waals surface area contributed by atoms with Crippen LogP contribution in [-0.2, 0) is 4.79 Å². The fourth-order valence-corrected chi connectivity index (χ4v) is 2.67. The van der Waals surface area contributed by atoms with Crippen LogP contribution < -0.4 is 24.8 Å². The Morgan fingerprint density at radius 1 is 1.00 bits per heavy atom. The Kier molecular flexibility index (Phi) is 5.80. The molecule has 2 N–H and O–H groups in total. The molecule has 2 aromatic rings. The predicted octanol–water partition coefficient (Wildman–Crippen LogP) is 1.96. The summed E-state index contributed by atoms with van der Waals surface area (Å²) in [7, 11) is 0. The Hall–Kier alpha value is -3.22. The number of nitrogens with one attached hydrogen (secondary N) is 2. The first-order valence-electron chi connectivity index (χ1n) is 8.67. The molecular formula is C20H22N2O5. The van der Waals surface area contributed by atoms with E-state index >= 15 is 0 Å². The molecule has 7 heteroatoms. The maximum absolute atomic E-state index is 12.1. The highest BCUT2D eigenvalue weighted by molar-refractivity contribution is 5.95. The topological polar surface area (TPSA) is 85.9 Å². The number of amides is 2. The first-order chi connectivity index (χ1) is 13.0. The standard InChI is InChI=1S/C20H22N2O5/c1-13-3-5-16(14(2)9-13)25-11-19(23)21-7-8-22-20(24)15-4-6-17-18(10-15)27-12-26-17/h3-6,9-10H,7-8,11-12H2,1-2H3,(H,21,23)(H,22,24). The van der Waals surface area contributed by atoms with Gasteiger partial charge in [0.25, 0.3) is 11.8 Å². The van der Waals surface area contributed by atoms with E-state index in [9.17, 15) is 9.59 Å². The number of rotatable bonds is 7. The summed E-state index contributed by atoms with van der Waals surface area (Å²) in [6.45, 7) is 4.65. The number of carbonyl (C=O) groups excluding carboxylic acids is 2. The van der Waals surface area contributed by atoms with E-state index < -0.39 is 0 Å². The molecule has 0 atom stereocenters. The maximum atomic E-state index is 12.1. The van der Waals surface area contributed by atoms with Gasteiger partial charge in [-0.1, -0.05) is 17.7 Å². The van der Waals surface area contributed by atoms with Gasteiger partial charge in [-0.3, -0.25) is 9.59 Å². The second-order valence-corrected chi connectivity index (χ2v) is 6.23. The molecule has 0 saturated heterocycles. The molecule has 0 radical (unpaired) electrons. The summed E-state index contributed by atoms with van der Waals surface area (Å²) in [5.74, 6) is 1.38. The molecule has 0 aliphatic carbocycles. The van der Waals surface area contributed by atoms with E-state index in [-0.39, 0.29) is 25.2 Å². The number of carbonyl (C=O) groups is 2. The highest BCUT2D eigenvalue weighted by Crippen LogP contribution is 2.32. The van der Waals surface area contributed by atoms with E-state index in [0.29, 0.717) is 35.9 Å². The van der Waals surface area contributed by atoms with E-state index in [2.05, 4.69) is 10.6 Å². The van der Waals surface area contributed by atoms with E-state index in [1.54, 1.807) is 18.2 Å². The maximum Gasteiger partial charge on any atom is 0.258 e. The van der Waals surface area contributed by atoms with E-state index in [0.717, 1.165) is 11.1 Å². The minimum atomic E-state index is -0.243. The number of aryl methyl sites for hydroxylation is 2. The van der Waals surface area contributed by atoms with Crippen molar-refractivity contribution in [2.45, 2.75) is 13.8 Å². The Bertz CT molecular complexity index is 850. The monoisotopic (exact) mass is 370 g/mol. The van der Waals surface area contributed by atoms with Gasteiger partial charge in [0, 0.05) is 18.7 Å². The van der Waals surface area contributed by atoms with Crippen LogP contribution in [0.15, 0.2) is 36.4 Å². The largest absolute Gasteiger partial charge is 0.484 e. The minimum absolute atomic E-state index is 0.0694. The number of benzene rings is 2. The highest BCUT2D eigenvalue weighted by Gasteiger charge is 2.16. The third-order valence-corrected chi connectivity index (χ3v) is 4.06. The van der Waals surface area contributed by atoms with Crippen LogP contribution in [0, 0.1) is 13.8 Å². The smallest absolute Gasteiger partial charge is 0.258 e. The summed E-state index contributed by atoms with van der Waals surface area (Å²) >= 11 is 0. The number of ether oxygens (including phenoxy) is 3. The zero-order valence-corrected chi connectivity index (χ0v) is 15.3. The van der Waals surface area contributed by atoms with Crippen LogP contribution in [0.25, 0.3) is 0 Å². The van der Waals surface area contributed by atoms with Gasteiger partial charge in [0.2, 0.25) is 6.79 Å². The average molecular weight is 370 g/mol. The van der Waals surface area contributed by atoms with Crippen LogP contribution in [0.5, 0.6) is 17.2 Å². The van der Waals surface area contributed by atoms with Gasteiger partial charge in [-0.05, 0) is 43.7 Å². The Balaban J connectivity index is 1.37. The Morgan fingerprint density at radius 2 is 1.78 bits per heavy atom. The van der Waals surface area contributed by atoms with Gasteiger partial charge < -0.3 is 24.8 Å². The molecule has 0 aromatic heterocycles. The Labute approximate surface area is 157 Å². The van der Waals surface area contributed by atoms with Crippen LogP contribution in [0.2, 0.25) is 0 Å². The summed E-state index contributed by atoms with van der Waals surface area (Å²) in [5.41, 5.74) is 2.60. The summed E-state index contributed by atoms with van der Waals surface area (Å²) in [6.07, 6.45) is 0. The van der Waals surface area contributed by atoms with Gasteiger partial charge in [-0.15, -0.1) is 0 Å². The summed E-state index contributed by atoms with van der Waals surface area (Å²) in [6, 6.07) is 10.8. The van der Waals surface area contributed by atoms with Crippen LogP contribution in [-0.4, -0.2) is 38.3 Å². The number of hydrogen-bond acceptors (Lipinski definition) is 5. The van der Waals surface area contributed by atoms with Crippen molar-refractivity contribution >= 4 is 11.8 Å². The van der Waals surface area contributed by atoms with Crippen molar-refractivity contribution in [2.75, 3.05) is 26.5 Å². The van der Waals surface area contributed by atoms with Gasteiger partial charge in [-0.2, -0.15) is 0 Å². The molecule has 0 bridgehead atoms. The molecule has 0 spiro atoms. The summed E-state index contributed by atoms with van der Waals surface area (Å²) in [4.78, 5) is 24.0. The third kappa shape index (κ3) is 4.91. The normalized spacial score (nSPS) is 11.8. The fraction of sp³-hybridized carbons (Fsp3) is 0.300. The molecule has 142 valence electrons. The minimum Gasteiger partial charge on any atom is -0.484 e. The molecule has 7 nitrogen and oxygen atoms in total. The van der Waals surface area contributed by atoms with Gasteiger partial charge in [-0.25, -0.2) is 0 Å². The zero-order chi connectivity index (χ0) is 19.2. The van der Waals surface area contributed by atoms with Crippen molar-refractivity contribution in [3.05, 3.63) is 53.1 Å². The number of fused-ring (bicyclic) bond motifs is 1. The number of hydrogen-bond donors (Lipinski definition) is 2. The zero-order valence-electron chi connectivity index (χ0n) is 15.3. The van der Waals surface area contributed by atoms with Crippen LogP contribution in [0.1, 0.15) is 21.5 Å². The molecule has 0 unspecified atom stereocenters. The van der Waals surface area contributed by atoms with Crippen LogP contribution in [0.3, 0.4) is 0 Å².